The minimum Gasteiger partial charge on any atom is -0.352 e. The molecule has 7 nitrogen and oxygen atoms in total. The monoisotopic (exact) mass is 424 g/mol. The average Bonchev–Trinajstić information content (AvgIpc) is 3.41. The summed E-state index contributed by atoms with van der Waals surface area (Å²) in [7, 11) is 1.75. The highest BCUT2D eigenvalue weighted by molar-refractivity contribution is 5.80. The predicted octanol–water partition coefficient (Wildman–Crippen LogP) is 2.29. The van der Waals surface area contributed by atoms with Gasteiger partial charge in [-0.1, -0.05) is 24.3 Å². The number of aliphatic imine (C=N–C) groups is 1. The Morgan fingerprint density at radius 2 is 2.06 bits per heavy atom. The SMILES string of the molecule is CN=C(NCc1ccccc1CN1CCCC1=O)NC1CCN(c2ncccc2F)C1. The summed E-state index contributed by atoms with van der Waals surface area (Å²) in [5.41, 5.74) is 2.30. The van der Waals surface area contributed by atoms with E-state index in [9.17, 15) is 9.18 Å². The van der Waals surface area contributed by atoms with Gasteiger partial charge in [-0.15, -0.1) is 0 Å². The summed E-state index contributed by atoms with van der Waals surface area (Å²) in [5.74, 6) is 1.05. The van der Waals surface area contributed by atoms with Crippen molar-refractivity contribution in [3.8, 4) is 0 Å². The maximum Gasteiger partial charge on any atom is 0.222 e. The molecule has 2 N–H and O–H groups in total. The van der Waals surface area contributed by atoms with Gasteiger partial charge in [-0.25, -0.2) is 9.37 Å². The third kappa shape index (κ3) is 5.13. The van der Waals surface area contributed by atoms with Crippen LogP contribution in [0.15, 0.2) is 47.6 Å². The van der Waals surface area contributed by atoms with Gasteiger partial charge in [0.1, 0.15) is 0 Å². The fourth-order valence-corrected chi connectivity index (χ4v) is 4.21. The lowest BCUT2D eigenvalue weighted by molar-refractivity contribution is -0.128. The zero-order chi connectivity index (χ0) is 21.6. The van der Waals surface area contributed by atoms with Crippen molar-refractivity contribution in [2.24, 2.45) is 4.99 Å². The van der Waals surface area contributed by atoms with E-state index >= 15 is 0 Å². The van der Waals surface area contributed by atoms with E-state index in [0.29, 0.717) is 37.8 Å². The number of aromatic nitrogens is 1. The van der Waals surface area contributed by atoms with Crippen LogP contribution in [0, 0.1) is 5.82 Å². The van der Waals surface area contributed by atoms with Crippen LogP contribution in [0.5, 0.6) is 0 Å². The van der Waals surface area contributed by atoms with E-state index in [1.807, 2.05) is 21.9 Å². The van der Waals surface area contributed by atoms with E-state index in [0.717, 1.165) is 37.1 Å². The zero-order valence-electron chi connectivity index (χ0n) is 17.9. The van der Waals surface area contributed by atoms with Crippen LogP contribution in [0.2, 0.25) is 0 Å². The lowest BCUT2D eigenvalue weighted by Gasteiger charge is -2.21. The molecule has 2 aromatic rings. The molecular weight excluding hydrogens is 395 g/mol. The molecule has 0 bridgehead atoms. The van der Waals surface area contributed by atoms with Crippen LogP contribution in [0.3, 0.4) is 0 Å². The zero-order valence-corrected chi connectivity index (χ0v) is 17.9. The number of hydrogen-bond donors (Lipinski definition) is 2. The number of likely N-dealkylation sites (tertiary alicyclic amines) is 1. The van der Waals surface area contributed by atoms with Crippen molar-refractivity contribution in [1.82, 2.24) is 20.5 Å². The number of guanidine groups is 1. The molecule has 2 fully saturated rings. The van der Waals surface area contributed by atoms with Crippen molar-refractivity contribution in [2.75, 3.05) is 31.6 Å². The molecule has 31 heavy (non-hydrogen) atoms. The van der Waals surface area contributed by atoms with Crippen molar-refractivity contribution >= 4 is 17.7 Å². The molecule has 3 heterocycles. The molecule has 2 aliphatic heterocycles. The number of rotatable bonds is 6. The summed E-state index contributed by atoms with van der Waals surface area (Å²) >= 11 is 0. The fraction of sp³-hybridized carbons (Fsp3) is 0.435. The average molecular weight is 425 g/mol. The van der Waals surface area contributed by atoms with Gasteiger partial charge >= 0.3 is 0 Å². The third-order valence-electron chi connectivity index (χ3n) is 5.89. The first-order valence-corrected chi connectivity index (χ1v) is 10.8. The van der Waals surface area contributed by atoms with Gasteiger partial charge in [-0.3, -0.25) is 9.79 Å². The Morgan fingerprint density at radius 1 is 1.23 bits per heavy atom. The molecule has 1 atom stereocenters. The number of pyridine rings is 1. The Hall–Kier alpha value is -3.16. The Labute approximate surface area is 182 Å². The minimum atomic E-state index is -0.293. The third-order valence-corrected chi connectivity index (χ3v) is 5.89. The van der Waals surface area contributed by atoms with Gasteiger partial charge < -0.3 is 20.4 Å². The number of nitrogens with one attached hydrogen (secondary N) is 2. The standard InChI is InChI=1S/C23H29FN6O/c1-25-23(28-19-10-13-30(16-19)22-20(24)8-4-11-26-22)27-14-17-6-2-3-7-18(17)15-29-12-5-9-21(29)31/h2-4,6-8,11,19H,5,9-10,12-16H2,1H3,(H2,25,27,28). The molecule has 2 saturated heterocycles. The maximum atomic E-state index is 14.0. The first-order chi connectivity index (χ1) is 15.1. The lowest BCUT2D eigenvalue weighted by atomic mass is 10.1. The number of nitrogens with zero attached hydrogens (tertiary/aromatic N) is 4. The largest absolute Gasteiger partial charge is 0.352 e. The van der Waals surface area contributed by atoms with Crippen molar-refractivity contribution in [2.45, 2.75) is 38.4 Å². The number of carbonyl (C=O) groups excluding carboxylic acids is 1. The second-order valence-electron chi connectivity index (χ2n) is 8.00. The van der Waals surface area contributed by atoms with Crippen LogP contribution in [-0.4, -0.2) is 54.5 Å². The van der Waals surface area contributed by atoms with Crippen LogP contribution in [0.25, 0.3) is 0 Å². The van der Waals surface area contributed by atoms with Gasteiger partial charge in [0.25, 0.3) is 0 Å². The molecule has 8 heteroatoms. The van der Waals surface area contributed by atoms with Gasteiger partial charge in [-0.05, 0) is 36.1 Å². The molecule has 4 rings (SSSR count). The number of amides is 1. The van der Waals surface area contributed by atoms with E-state index in [-0.39, 0.29) is 17.8 Å². The Balaban J connectivity index is 1.33. The fourth-order valence-electron chi connectivity index (χ4n) is 4.21. The second-order valence-corrected chi connectivity index (χ2v) is 8.00. The minimum absolute atomic E-state index is 0.157. The molecule has 2 aliphatic rings. The van der Waals surface area contributed by atoms with Crippen molar-refractivity contribution in [3.63, 3.8) is 0 Å². The van der Waals surface area contributed by atoms with Crippen LogP contribution in [0.4, 0.5) is 10.2 Å². The van der Waals surface area contributed by atoms with E-state index in [1.165, 1.54) is 6.07 Å². The normalized spacial score (nSPS) is 19.2. The van der Waals surface area contributed by atoms with Crippen LogP contribution in [-0.2, 0) is 17.9 Å². The smallest absolute Gasteiger partial charge is 0.222 e. The molecule has 1 unspecified atom stereocenters. The topological polar surface area (TPSA) is 72.9 Å². The summed E-state index contributed by atoms with van der Waals surface area (Å²) in [6.45, 7) is 3.51. The van der Waals surface area contributed by atoms with Crippen molar-refractivity contribution in [1.29, 1.82) is 0 Å². The summed E-state index contributed by atoms with van der Waals surface area (Å²) in [6, 6.07) is 11.4. The number of benzene rings is 1. The molecule has 1 amide bonds. The highest BCUT2D eigenvalue weighted by atomic mass is 19.1. The summed E-state index contributed by atoms with van der Waals surface area (Å²) < 4.78 is 14.0. The first kappa shape index (κ1) is 21.1. The predicted molar refractivity (Wildman–Crippen MR) is 119 cm³/mol. The highest BCUT2D eigenvalue weighted by Crippen LogP contribution is 2.21. The van der Waals surface area contributed by atoms with Crippen LogP contribution >= 0.6 is 0 Å². The molecule has 1 aromatic carbocycles. The second kappa shape index (κ2) is 9.76. The Kier molecular flexibility index (Phi) is 6.64. The molecule has 0 saturated carbocycles. The lowest BCUT2D eigenvalue weighted by Crippen LogP contribution is -2.44. The maximum absolute atomic E-state index is 14.0. The highest BCUT2D eigenvalue weighted by Gasteiger charge is 2.26. The Bertz CT molecular complexity index is 949. The van der Waals surface area contributed by atoms with Gasteiger partial charge in [0.15, 0.2) is 17.6 Å². The molecule has 0 aliphatic carbocycles. The molecular formula is C23H29FN6O. The van der Waals surface area contributed by atoms with Gasteiger partial charge in [0.05, 0.1) is 0 Å². The first-order valence-electron chi connectivity index (χ1n) is 10.8. The number of hydrogen-bond acceptors (Lipinski definition) is 4. The molecule has 164 valence electrons. The van der Waals surface area contributed by atoms with Gasteiger partial charge in [0, 0.05) is 58.4 Å². The quantitative estimate of drug-likeness (QED) is 0.550. The molecule has 1 aromatic heterocycles. The number of anilines is 1. The van der Waals surface area contributed by atoms with E-state index in [1.54, 1.807) is 19.3 Å². The van der Waals surface area contributed by atoms with E-state index in [2.05, 4.69) is 32.7 Å². The van der Waals surface area contributed by atoms with E-state index in [4.69, 9.17) is 0 Å². The van der Waals surface area contributed by atoms with Crippen LogP contribution < -0.4 is 15.5 Å². The molecule has 0 radical (unpaired) electrons. The van der Waals surface area contributed by atoms with Gasteiger partial charge in [0.2, 0.25) is 5.91 Å². The van der Waals surface area contributed by atoms with Crippen molar-refractivity contribution in [3.05, 3.63) is 59.5 Å². The summed E-state index contributed by atoms with van der Waals surface area (Å²) in [6.07, 6.45) is 4.09. The van der Waals surface area contributed by atoms with Crippen molar-refractivity contribution < 1.29 is 9.18 Å². The molecule has 0 spiro atoms. The Morgan fingerprint density at radius 3 is 2.81 bits per heavy atom. The van der Waals surface area contributed by atoms with Gasteiger partial charge in [-0.2, -0.15) is 0 Å². The number of carbonyl (C=O) groups is 1. The number of halogens is 1. The summed E-state index contributed by atoms with van der Waals surface area (Å²) in [4.78, 5) is 24.4. The summed E-state index contributed by atoms with van der Waals surface area (Å²) in [5, 5.41) is 6.82. The van der Waals surface area contributed by atoms with E-state index < -0.39 is 0 Å². The van der Waals surface area contributed by atoms with Crippen LogP contribution in [0.1, 0.15) is 30.4 Å².